The number of benzene rings is 2. The SMILES string of the molecule is Cc1cc(CNc2ccccc2C(=O)O)c2cc(-c3ccc(C(F)F)nc3)c(C)nc2c1. The number of anilines is 1. The summed E-state index contributed by atoms with van der Waals surface area (Å²) in [4.78, 5) is 20.1. The Morgan fingerprint density at radius 1 is 1.09 bits per heavy atom. The molecular formula is C25H21F2N3O2. The zero-order valence-corrected chi connectivity index (χ0v) is 17.6. The lowest BCUT2D eigenvalue weighted by Crippen LogP contribution is -2.07. The Morgan fingerprint density at radius 3 is 2.56 bits per heavy atom. The van der Waals surface area contributed by atoms with Crippen molar-refractivity contribution in [1.29, 1.82) is 0 Å². The molecule has 0 radical (unpaired) electrons. The van der Waals surface area contributed by atoms with Crippen molar-refractivity contribution >= 4 is 22.6 Å². The fourth-order valence-corrected chi connectivity index (χ4v) is 3.75. The van der Waals surface area contributed by atoms with Gasteiger partial charge in [-0.1, -0.05) is 24.3 Å². The average Bonchev–Trinajstić information content (AvgIpc) is 2.77. The van der Waals surface area contributed by atoms with Crippen molar-refractivity contribution in [2.75, 3.05) is 5.32 Å². The van der Waals surface area contributed by atoms with Gasteiger partial charge in [0.2, 0.25) is 0 Å². The van der Waals surface area contributed by atoms with E-state index in [9.17, 15) is 18.7 Å². The molecular weight excluding hydrogens is 412 g/mol. The van der Waals surface area contributed by atoms with Gasteiger partial charge >= 0.3 is 5.97 Å². The van der Waals surface area contributed by atoms with Crippen molar-refractivity contribution in [3.8, 4) is 11.1 Å². The Morgan fingerprint density at radius 2 is 1.88 bits per heavy atom. The van der Waals surface area contributed by atoms with Gasteiger partial charge in [-0.15, -0.1) is 0 Å². The van der Waals surface area contributed by atoms with Crippen LogP contribution < -0.4 is 5.32 Å². The molecule has 0 aliphatic carbocycles. The van der Waals surface area contributed by atoms with Gasteiger partial charge < -0.3 is 10.4 Å². The van der Waals surface area contributed by atoms with Crippen LogP contribution in [-0.2, 0) is 6.54 Å². The molecule has 5 nitrogen and oxygen atoms in total. The largest absolute Gasteiger partial charge is 0.478 e. The number of carboxylic acids is 1. The van der Waals surface area contributed by atoms with Crippen LogP contribution in [0.4, 0.5) is 14.5 Å². The standard InChI is InChI=1S/C25H21F2N3O2/c1-14-9-17(13-28-21-6-4-3-5-18(21)25(31)32)20-11-19(15(2)30-23(20)10-14)16-7-8-22(24(26)27)29-12-16/h3-12,24,28H,13H2,1-2H3,(H,31,32). The topological polar surface area (TPSA) is 75.1 Å². The second kappa shape index (κ2) is 8.70. The maximum Gasteiger partial charge on any atom is 0.337 e. The van der Waals surface area contributed by atoms with Gasteiger partial charge in [0.1, 0.15) is 5.69 Å². The lowest BCUT2D eigenvalue weighted by molar-refractivity contribution is 0.0698. The summed E-state index contributed by atoms with van der Waals surface area (Å²) in [6.45, 7) is 4.25. The van der Waals surface area contributed by atoms with Gasteiger partial charge in [-0.05, 0) is 55.3 Å². The zero-order valence-electron chi connectivity index (χ0n) is 17.6. The second-order valence-corrected chi connectivity index (χ2v) is 7.59. The van der Waals surface area contributed by atoms with Crippen LogP contribution in [0.15, 0.2) is 60.8 Å². The van der Waals surface area contributed by atoms with Crippen LogP contribution in [0.3, 0.4) is 0 Å². The van der Waals surface area contributed by atoms with E-state index >= 15 is 0 Å². The number of nitrogens with one attached hydrogen (secondary N) is 1. The van der Waals surface area contributed by atoms with E-state index in [4.69, 9.17) is 4.98 Å². The smallest absolute Gasteiger partial charge is 0.337 e. The Balaban J connectivity index is 1.75. The average molecular weight is 433 g/mol. The van der Waals surface area contributed by atoms with Crippen molar-refractivity contribution in [3.05, 3.63) is 88.9 Å². The molecule has 0 aliphatic heterocycles. The van der Waals surface area contributed by atoms with Gasteiger partial charge in [-0.3, -0.25) is 9.97 Å². The van der Waals surface area contributed by atoms with Crippen molar-refractivity contribution in [2.45, 2.75) is 26.8 Å². The van der Waals surface area contributed by atoms with E-state index in [1.807, 2.05) is 32.0 Å². The van der Waals surface area contributed by atoms with E-state index in [0.29, 0.717) is 17.8 Å². The van der Waals surface area contributed by atoms with Crippen LogP contribution in [0.25, 0.3) is 22.0 Å². The number of hydrogen-bond donors (Lipinski definition) is 2. The maximum atomic E-state index is 12.9. The van der Waals surface area contributed by atoms with Gasteiger partial charge in [0.15, 0.2) is 0 Å². The Labute approximate surface area is 183 Å². The molecule has 4 rings (SSSR count). The molecule has 0 saturated carbocycles. The number of nitrogens with zero attached hydrogens (tertiary/aromatic N) is 2. The van der Waals surface area contributed by atoms with Gasteiger partial charge in [0.25, 0.3) is 6.43 Å². The molecule has 0 atom stereocenters. The van der Waals surface area contributed by atoms with Crippen LogP contribution in [-0.4, -0.2) is 21.0 Å². The number of rotatable bonds is 6. The van der Waals surface area contributed by atoms with Gasteiger partial charge in [0, 0.05) is 40.6 Å². The van der Waals surface area contributed by atoms with Crippen LogP contribution in [0, 0.1) is 13.8 Å². The van der Waals surface area contributed by atoms with Crippen molar-refractivity contribution in [3.63, 3.8) is 0 Å². The highest BCUT2D eigenvalue weighted by Gasteiger charge is 2.14. The number of hydrogen-bond acceptors (Lipinski definition) is 4. The number of alkyl halides is 2. The first kappa shape index (κ1) is 21.4. The summed E-state index contributed by atoms with van der Waals surface area (Å²) < 4.78 is 25.7. The molecule has 162 valence electrons. The molecule has 2 aromatic carbocycles. The third kappa shape index (κ3) is 4.27. The highest BCUT2D eigenvalue weighted by Crippen LogP contribution is 2.30. The summed E-state index contributed by atoms with van der Waals surface area (Å²) in [7, 11) is 0. The molecule has 2 heterocycles. The highest BCUT2D eigenvalue weighted by atomic mass is 19.3. The predicted octanol–water partition coefficient (Wildman–Crippen LogP) is 6.16. The number of aryl methyl sites for hydroxylation is 2. The van der Waals surface area contributed by atoms with Crippen LogP contribution in [0.1, 0.15) is 39.3 Å². The second-order valence-electron chi connectivity index (χ2n) is 7.59. The fourth-order valence-electron chi connectivity index (χ4n) is 3.75. The summed E-state index contributed by atoms with van der Waals surface area (Å²) in [6, 6.07) is 15.7. The molecule has 0 bridgehead atoms. The number of para-hydroxylation sites is 1. The summed E-state index contributed by atoms with van der Waals surface area (Å²) in [5, 5.41) is 13.5. The van der Waals surface area contributed by atoms with Crippen molar-refractivity contribution in [1.82, 2.24) is 9.97 Å². The molecule has 0 spiro atoms. The van der Waals surface area contributed by atoms with E-state index in [1.54, 1.807) is 30.3 Å². The monoisotopic (exact) mass is 433 g/mol. The molecule has 32 heavy (non-hydrogen) atoms. The molecule has 0 aliphatic rings. The minimum Gasteiger partial charge on any atom is -0.478 e. The lowest BCUT2D eigenvalue weighted by atomic mass is 9.98. The Hall–Kier alpha value is -3.87. The fraction of sp³-hybridized carbons (Fsp3) is 0.160. The van der Waals surface area contributed by atoms with Crippen LogP contribution in [0.5, 0.6) is 0 Å². The zero-order chi connectivity index (χ0) is 22.8. The normalized spacial score (nSPS) is 11.2. The molecule has 0 amide bonds. The number of fused-ring (bicyclic) bond motifs is 1. The number of aromatic carboxylic acids is 1. The number of carbonyl (C=O) groups is 1. The third-order valence-electron chi connectivity index (χ3n) is 5.30. The maximum absolute atomic E-state index is 12.9. The molecule has 0 saturated heterocycles. The van der Waals surface area contributed by atoms with E-state index in [0.717, 1.165) is 33.3 Å². The van der Waals surface area contributed by atoms with Crippen LogP contribution in [0.2, 0.25) is 0 Å². The van der Waals surface area contributed by atoms with Gasteiger partial charge in [0.05, 0.1) is 11.1 Å². The molecule has 0 unspecified atom stereocenters. The predicted molar refractivity (Wildman–Crippen MR) is 120 cm³/mol. The van der Waals surface area contributed by atoms with E-state index in [2.05, 4.69) is 10.3 Å². The molecule has 7 heteroatoms. The van der Waals surface area contributed by atoms with E-state index < -0.39 is 12.4 Å². The van der Waals surface area contributed by atoms with Crippen molar-refractivity contribution in [2.24, 2.45) is 0 Å². The first-order valence-corrected chi connectivity index (χ1v) is 10.0. The summed E-state index contributed by atoms with van der Waals surface area (Å²) in [5.41, 5.74) is 5.54. The first-order chi connectivity index (χ1) is 15.3. The number of carboxylic acid groups (broad SMARTS) is 1. The lowest BCUT2D eigenvalue weighted by Gasteiger charge is -2.14. The van der Waals surface area contributed by atoms with Crippen molar-refractivity contribution < 1.29 is 18.7 Å². The molecule has 2 aromatic heterocycles. The Kier molecular flexibility index (Phi) is 5.81. The quantitative estimate of drug-likeness (QED) is 0.381. The summed E-state index contributed by atoms with van der Waals surface area (Å²) in [5.74, 6) is -0.999. The number of aromatic nitrogens is 2. The Bertz CT molecular complexity index is 1300. The minimum atomic E-state index is -2.62. The van der Waals surface area contributed by atoms with Crippen LogP contribution >= 0.6 is 0 Å². The van der Waals surface area contributed by atoms with E-state index in [-0.39, 0.29) is 11.3 Å². The van der Waals surface area contributed by atoms with Gasteiger partial charge in [-0.25, -0.2) is 13.6 Å². The highest BCUT2D eigenvalue weighted by molar-refractivity contribution is 5.94. The molecule has 0 fully saturated rings. The number of pyridine rings is 2. The van der Waals surface area contributed by atoms with Gasteiger partial charge in [-0.2, -0.15) is 0 Å². The summed E-state index contributed by atoms with van der Waals surface area (Å²) in [6.07, 6.45) is -1.18. The third-order valence-corrected chi connectivity index (χ3v) is 5.30. The first-order valence-electron chi connectivity index (χ1n) is 10.0. The minimum absolute atomic E-state index is 0.198. The molecule has 4 aromatic rings. The van der Waals surface area contributed by atoms with E-state index in [1.165, 1.54) is 12.3 Å². The molecule has 2 N–H and O–H groups in total. The number of halogens is 2. The summed E-state index contributed by atoms with van der Waals surface area (Å²) >= 11 is 0.